The molecule has 0 radical (unpaired) electrons. The zero-order chi connectivity index (χ0) is 23.7. The van der Waals surface area contributed by atoms with Crippen molar-refractivity contribution in [3.8, 4) is 0 Å². The first-order chi connectivity index (χ1) is 16.5. The van der Waals surface area contributed by atoms with E-state index < -0.39 is 23.7 Å². The van der Waals surface area contributed by atoms with Crippen molar-refractivity contribution in [2.24, 2.45) is 0 Å². The Bertz CT molecular complexity index is 1440. The van der Waals surface area contributed by atoms with Crippen LogP contribution in [0.25, 0.3) is 17.0 Å². The number of rotatable bonds is 5. The first kappa shape index (κ1) is 21.3. The van der Waals surface area contributed by atoms with Crippen LogP contribution in [0.1, 0.15) is 16.7 Å². The maximum absolute atomic E-state index is 13.2. The number of hydrogen-bond acceptors (Lipinski definition) is 3. The van der Waals surface area contributed by atoms with Crippen LogP contribution in [-0.2, 0) is 22.7 Å². The Morgan fingerprint density at radius 2 is 1.47 bits per heavy atom. The molecule has 0 atom stereocenters. The Morgan fingerprint density at radius 1 is 0.794 bits per heavy atom. The van der Waals surface area contributed by atoms with Gasteiger partial charge in [0.25, 0.3) is 11.8 Å². The van der Waals surface area contributed by atoms with Crippen LogP contribution in [0, 0.1) is 5.82 Å². The molecule has 0 spiro atoms. The van der Waals surface area contributed by atoms with Gasteiger partial charge >= 0.3 is 6.03 Å². The molecule has 5 rings (SSSR count). The highest BCUT2D eigenvalue weighted by molar-refractivity contribution is 6.31. The van der Waals surface area contributed by atoms with E-state index in [1.165, 1.54) is 30.3 Å². The topological polar surface area (TPSA) is 71.4 Å². The van der Waals surface area contributed by atoms with Crippen molar-refractivity contribution in [3.63, 3.8) is 0 Å². The Kier molecular flexibility index (Phi) is 5.51. The van der Waals surface area contributed by atoms with Crippen LogP contribution in [0.5, 0.6) is 0 Å². The molecule has 1 saturated heterocycles. The predicted molar refractivity (Wildman–Crippen MR) is 126 cm³/mol. The van der Waals surface area contributed by atoms with Crippen LogP contribution in [0.4, 0.5) is 9.18 Å². The number of aromatic nitrogens is 1. The smallest absolute Gasteiger partial charge is 0.331 e. The van der Waals surface area contributed by atoms with Gasteiger partial charge in [0.2, 0.25) is 0 Å². The summed E-state index contributed by atoms with van der Waals surface area (Å²) in [4.78, 5) is 39.1. The zero-order valence-corrected chi connectivity index (χ0v) is 18.1. The summed E-state index contributed by atoms with van der Waals surface area (Å²) in [5, 5.41) is 3.12. The summed E-state index contributed by atoms with van der Waals surface area (Å²) in [7, 11) is 0. The molecule has 2 heterocycles. The summed E-state index contributed by atoms with van der Waals surface area (Å²) in [6.45, 7) is 0.547. The summed E-state index contributed by atoms with van der Waals surface area (Å²) < 4.78 is 15.3. The number of benzene rings is 3. The molecule has 168 valence electrons. The Labute approximate surface area is 194 Å². The average Bonchev–Trinajstić information content (AvgIpc) is 3.18. The van der Waals surface area contributed by atoms with E-state index in [1.807, 2.05) is 60.8 Å². The summed E-state index contributed by atoms with van der Waals surface area (Å²) in [5.41, 5.74) is 3.20. The van der Waals surface area contributed by atoms with Crippen molar-refractivity contribution < 1.29 is 18.8 Å². The first-order valence-corrected chi connectivity index (χ1v) is 10.7. The van der Waals surface area contributed by atoms with Gasteiger partial charge in [-0.15, -0.1) is 0 Å². The molecule has 34 heavy (non-hydrogen) atoms. The van der Waals surface area contributed by atoms with E-state index in [2.05, 4.69) is 9.88 Å². The van der Waals surface area contributed by atoms with E-state index in [0.717, 1.165) is 21.4 Å². The van der Waals surface area contributed by atoms with Gasteiger partial charge in [-0.05, 0) is 35.4 Å². The summed E-state index contributed by atoms with van der Waals surface area (Å²) in [6.07, 6.45) is 3.41. The molecule has 1 aliphatic rings. The lowest BCUT2D eigenvalue weighted by Crippen LogP contribution is -2.53. The second kappa shape index (κ2) is 8.78. The first-order valence-electron chi connectivity index (χ1n) is 10.7. The monoisotopic (exact) mass is 453 g/mol. The molecule has 0 aliphatic carbocycles. The summed E-state index contributed by atoms with van der Waals surface area (Å²) in [5.74, 6) is -1.86. The number of carbonyl (C=O) groups excluding carboxylic acids is 3. The lowest BCUT2D eigenvalue weighted by atomic mass is 10.1. The molecule has 4 amide bonds. The molecule has 1 aromatic heterocycles. The third kappa shape index (κ3) is 4.11. The van der Waals surface area contributed by atoms with E-state index in [9.17, 15) is 18.8 Å². The fourth-order valence-electron chi connectivity index (χ4n) is 4.07. The van der Waals surface area contributed by atoms with Crippen LogP contribution >= 0.6 is 0 Å². The van der Waals surface area contributed by atoms with Crippen LogP contribution in [0.3, 0.4) is 0 Å². The number of nitrogens with one attached hydrogen (secondary N) is 1. The Morgan fingerprint density at radius 3 is 2.24 bits per heavy atom. The minimum absolute atomic E-state index is 0.0780. The van der Waals surface area contributed by atoms with Crippen molar-refractivity contribution in [2.75, 3.05) is 0 Å². The second-order valence-electron chi connectivity index (χ2n) is 8.05. The van der Waals surface area contributed by atoms with Crippen LogP contribution in [0.15, 0.2) is 90.6 Å². The van der Waals surface area contributed by atoms with Crippen molar-refractivity contribution in [3.05, 3.63) is 113 Å². The van der Waals surface area contributed by atoms with Gasteiger partial charge in [-0.2, -0.15) is 0 Å². The van der Waals surface area contributed by atoms with Gasteiger partial charge in [0.1, 0.15) is 11.4 Å². The van der Waals surface area contributed by atoms with Crippen LogP contribution in [0.2, 0.25) is 0 Å². The third-order valence-corrected chi connectivity index (χ3v) is 5.75. The molecular weight excluding hydrogens is 433 g/mol. The number of amides is 4. The lowest BCUT2D eigenvalue weighted by Gasteiger charge is -2.26. The standard InChI is InChI=1S/C27H20FN3O3/c28-21-12-10-19(11-13-21)16-31-26(33)23(25(32)29-27(31)34)14-20-17-30(15-18-6-2-1-3-7-18)24-9-5-4-8-22(20)24/h1-14,17H,15-16H2,(H,29,32,34). The predicted octanol–water partition coefficient (Wildman–Crippen LogP) is 4.49. The van der Waals surface area contributed by atoms with Gasteiger partial charge in [-0.3, -0.25) is 19.8 Å². The highest BCUT2D eigenvalue weighted by atomic mass is 19.1. The number of imide groups is 2. The van der Waals surface area contributed by atoms with Crippen molar-refractivity contribution in [2.45, 2.75) is 13.1 Å². The van der Waals surface area contributed by atoms with Gasteiger partial charge in [-0.1, -0.05) is 60.7 Å². The molecule has 1 aliphatic heterocycles. The molecule has 0 saturated carbocycles. The molecule has 4 aromatic rings. The van der Waals surface area contributed by atoms with E-state index in [4.69, 9.17) is 0 Å². The highest BCUT2D eigenvalue weighted by Gasteiger charge is 2.35. The Balaban J connectivity index is 1.51. The van der Waals surface area contributed by atoms with Crippen molar-refractivity contribution >= 4 is 34.8 Å². The zero-order valence-electron chi connectivity index (χ0n) is 18.1. The van der Waals surface area contributed by atoms with Gasteiger partial charge in [0.05, 0.1) is 6.54 Å². The number of carbonyl (C=O) groups is 3. The van der Waals surface area contributed by atoms with Crippen LogP contribution in [-0.4, -0.2) is 27.3 Å². The quantitative estimate of drug-likeness (QED) is 0.358. The van der Waals surface area contributed by atoms with Crippen molar-refractivity contribution in [1.82, 2.24) is 14.8 Å². The van der Waals surface area contributed by atoms with Gasteiger partial charge in [-0.25, -0.2) is 9.18 Å². The largest absolute Gasteiger partial charge is 0.342 e. The number of halogens is 1. The minimum Gasteiger partial charge on any atom is -0.342 e. The third-order valence-electron chi connectivity index (χ3n) is 5.75. The maximum atomic E-state index is 13.2. The van der Waals surface area contributed by atoms with Crippen molar-refractivity contribution in [1.29, 1.82) is 0 Å². The minimum atomic E-state index is -0.803. The molecule has 0 unspecified atom stereocenters. The summed E-state index contributed by atoms with van der Waals surface area (Å²) in [6, 6.07) is 22.4. The Hall–Kier alpha value is -4.52. The van der Waals surface area contributed by atoms with E-state index in [1.54, 1.807) is 0 Å². The van der Waals surface area contributed by atoms with E-state index >= 15 is 0 Å². The molecular formula is C27H20FN3O3. The number of nitrogens with zero attached hydrogens (tertiary/aromatic N) is 2. The highest BCUT2D eigenvalue weighted by Crippen LogP contribution is 2.26. The number of urea groups is 1. The molecule has 1 N–H and O–H groups in total. The van der Waals surface area contributed by atoms with Gasteiger partial charge in [0.15, 0.2) is 0 Å². The van der Waals surface area contributed by atoms with Crippen LogP contribution < -0.4 is 5.32 Å². The molecule has 0 bridgehead atoms. The molecule has 6 nitrogen and oxygen atoms in total. The fraction of sp³-hybridized carbons (Fsp3) is 0.0741. The maximum Gasteiger partial charge on any atom is 0.331 e. The number of hydrogen-bond donors (Lipinski definition) is 1. The molecule has 3 aromatic carbocycles. The number of barbiturate groups is 1. The summed E-state index contributed by atoms with van der Waals surface area (Å²) >= 11 is 0. The van der Waals surface area contributed by atoms with E-state index in [0.29, 0.717) is 17.7 Å². The average molecular weight is 453 g/mol. The second-order valence-corrected chi connectivity index (χ2v) is 8.05. The molecule has 7 heteroatoms. The number of fused-ring (bicyclic) bond motifs is 1. The lowest BCUT2D eigenvalue weighted by molar-refractivity contribution is -0.130. The fourth-order valence-corrected chi connectivity index (χ4v) is 4.07. The van der Waals surface area contributed by atoms with Gasteiger partial charge in [0, 0.05) is 29.2 Å². The normalized spacial score (nSPS) is 15.3. The SMILES string of the molecule is O=C1NC(=O)N(Cc2ccc(F)cc2)C(=O)C1=Cc1cn(Cc2ccccc2)c2ccccc12. The van der Waals surface area contributed by atoms with Gasteiger partial charge < -0.3 is 4.57 Å². The number of para-hydroxylation sites is 1. The molecule has 1 fully saturated rings. The van der Waals surface area contributed by atoms with E-state index in [-0.39, 0.29) is 12.1 Å².